The van der Waals surface area contributed by atoms with Gasteiger partial charge in [0.05, 0.1) is 18.8 Å². The van der Waals surface area contributed by atoms with Gasteiger partial charge >= 0.3 is 6.09 Å². The summed E-state index contributed by atoms with van der Waals surface area (Å²) in [4.78, 5) is 15.9. The first kappa shape index (κ1) is 15.9. The Hall–Kier alpha value is -3.02. The van der Waals surface area contributed by atoms with Crippen LogP contribution in [0.25, 0.3) is 0 Å². The number of hydrogen-bond donors (Lipinski definition) is 2. The molecule has 2 N–H and O–H groups in total. The standard InChI is InChI=1S/C18H20N4O2/c23-18(24-13-16-4-2-1-3-5-16)20-12-15-6-8-17(9-7-15)22-11-10-19-14-21-22/h1-9,14H,10-13H2,(H,19,21)(H,20,23). The summed E-state index contributed by atoms with van der Waals surface area (Å²) in [5.41, 5.74) is 6.14. The number of carbonyl (C=O) groups excluding carboxylic acids is 1. The Bertz CT molecular complexity index is 686. The van der Waals surface area contributed by atoms with E-state index in [0.29, 0.717) is 6.54 Å². The first-order valence-electron chi connectivity index (χ1n) is 7.87. The number of nitrogens with one attached hydrogen (secondary N) is 2. The van der Waals surface area contributed by atoms with Gasteiger partial charge in [-0.3, -0.25) is 15.4 Å². The number of aliphatic imine (C=N–C) groups is 1. The second-order valence-electron chi connectivity index (χ2n) is 5.40. The molecule has 0 saturated heterocycles. The van der Waals surface area contributed by atoms with Gasteiger partial charge in [0.15, 0.2) is 0 Å². The molecular weight excluding hydrogens is 304 g/mol. The maximum atomic E-state index is 11.7. The van der Waals surface area contributed by atoms with E-state index in [1.165, 1.54) is 0 Å². The third-order valence-corrected chi connectivity index (χ3v) is 3.66. The Balaban J connectivity index is 1.44. The largest absolute Gasteiger partial charge is 0.445 e. The number of anilines is 1. The zero-order valence-electron chi connectivity index (χ0n) is 13.3. The van der Waals surface area contributed by atoms with Crippen molar-refractivity contribution in [3.8, 4) is 0 Å². The van der Waals surface area contributed by atoms with Crippen LogP contribution < -0.4 is 15.8 Å². The van der Waals surface area contributed by atoms with Gasteiger partial charge in [-0.1, -0.05) is 42.5 Å². The van der Waals surface area contributed by atoms with E-state index in [-0.39, 0.29) is 6.61 Å². The van der Waals surface area contributed by atoms with E-state index in [0.717, 1.165) is 29.9 Å². The summed E-state index contributed by atoms with van der Waals surface area (Å²) in [7, 11) is 0. The SMILES string of the molecule is O=C(NCc1ccc(N2CCN=CN2)cc1)OCc1ccccc1. The van der Waals surface area contributed by atoms with Gasteiger partial charge in [0.25, 0.3) is 0 Å². The maximum absolute atomic E-state index is 11.7. The normalized spacial score (nSPS) is 13.2. The Kier molecular flexibility index (Phi) is 5.29. The molecule has 0 radical (unpaired) electrons. The van der Waals surface area contributed by atoms with Crippen molar-refractivity contribution < 1.29 is 9.53 Å². The topological polar surface area (TPSA) is 66.0 Å². The summed E-state index contributed by atoms with van der Waals surface area (Å²) in [5, 5.41) is 4.78. The lowest BCUT2D eigenvalue weighted by Crippen LogP contribution is -2.42. The summed E-state index contributed by atoms with van der Waals surface area (Å²) in [5.74, 6) is 0. The van der Waals surface area contributed by atoms with E-state index in [1.807, 2.05) is 59.6 Å². The number of carbonyl (C=O) groups is 1. The van der Waals surface area contributed by atoms with Gasteiger partial charge in [-0.05, 0) is 23.3 Å². The van der Waals surface area contributed by atoms with Gasteiger partial charge in [0.1, 0.15) is 12.9 Å². The summed E-state index contributed by atoms with van der Waals surface area (Å²) in [6, 6.07) is 17.6. The molecule has 1 heterocycles. The van der Waals surface area contributed by atoms with Crippen LogP contribution in [0, 0.1) is 0 Å². The second-order valence-corrected chi connectivity index (χ2v) is 5.40. The van der Waals surface area contributed by atoms with Crippen LogP contribution in [-0.4, -0.2) is 25.5 Å². The second kappa shape index (κ2) is 8.01. The molecule has 1 amide bonds. The number of nitrogens with zero attached hydrogens (tertiary/aromatic N) is 2. The summed E-state index contributed by atoms with van der Waals surface area (Å²) < 4.78 is 5.19. The molecule has 6 heteroatoms. The minimum Gasteiger partial charge on any atom is -0.445 e. The molecule has 0 bridgehead atoms. The minimum absolute atomic E-state index is 0.272. The van der Waals surface area contributed by atoms with Crippen molar-refractivity contribution in [3.63, 3.8) is 0 Å². The van der Waals surface area contributed by atoms with Crippen LogP contribution in [0.3, 0.4) is 0 Å². The van der Waals surface area contributed by atoms with E-state index in [2.05, 4.69) is 15.7 Å². The van der Waals surface area contributed by atoms with Gasteiger partial charge in [-0.25, -0.2) is 4.79 Å². The molecule has 0 aromatic heterocycles. The fourth-order valence-corrected chi connectivity index (χ4v) is 2.34. The average molecular weight is 324 g/mol. The first-order chi connectivity index (χ1) is 11.8. The number of ether oxygens (including phenoxy) is 1. The van der Waals surface area contributed by atoms with Crippen LogP contribution >= 0.6 is 0 Å². The van der Waals surface area contributed by atoms with E-state index >= 15 is 0 Å². The van der Waals surface area contributed by atoms with Gasteiger partial charge in [-0.2, -0.15) is 0 Å². The number of hydrogen-bond acceptors (Lipinski definition) is 5. The molecule has 0 saturated carbocycles. The van der Waals surface area contributed by atoms with E-state index in [1.54, 1.807) is 6.34 Å². The molecule has 0 fully saturated rings. The molecular formula is C18H20N4O2. The van der Waals surface area contributed by atoms with Crippen LogP contribution in [0.1, 0.15) is 11.1 Å². The van der Waals surface area contributed by atoms with E-state index in [4.69, 9.17) is 4.74 Å². The molecule has 2 aromatic rings. The lowest BCUT2D eigenvalue weighted by Gasteiger charge is -2.26. The molecule has 124 valence electrons. The first-order valence-corrected chi connectivity index (χ1v) is 7.87. The highest BCUT2D eigenvalue weighted by molar-refractivity contribution is 5.67. The van der Waals surface area contributed by atoms with E-state index in [9.17, 15) is 4.79 Å². The van der Waals surface area contributed by atoms with Gasteiger partial charge < -0.3 is 10.1 Å². The average Bonchev–Trinajstić information content (AvgIpc) is 2.67. The monoisotopic (exact) mass is 324 g/mol. The predicted molar refractivity (Wildman–Crippen MR) is 93.7 cm³/mol. The van der Waals surface area contributed by atoms with Crippen molar-refractivity contribution in [3.05, 3.63) is 65.7 Å². The molecule has 0 aliphatic carbocycles. The Morgan fingerprint density at radius 1 is 1.12 bits per heavy atom. The molecule has 0 atom stereocenters. The van der Waals surface area contributed by atoms with Crippen molar-refractivity contribution in [2.24, 2.45) is 4.99 Å². The highest BCUT2D eigenvalue weighted by Gasteiger charge is 2.07. The number of alkyl carbamates (subject to hydrolysis) is 1. The summed E-state index contributed by atoms with van der Waals surface area (Å²) >= 11 is 0. The zero-order chi connectivity index (χ0) is 16.6. The van der Waals surface area contributed by atoms with Gasteiger partial charge in [0, 0.05) is 6.54 Å². The minimum atomic E-state index is -0.420. The smallest absolute Gasteiger partial charge is 0.407 e. The lowest BCUT2D eigenvalue weighted by molar-refractivity contribution is 0.139. The third-order valence-electron chi connectivity index (χ3n) is 3.66. The number of amides is 1. The molecule has 1 aliphatic rings. The quantitative estimate of drug-likeness (QED) is 0.887. The molecule has 1 aliphatic heterocycles. The number of hydrazine groups is 1. The predicted octanol–water partition coefficient (Wildman–Crippen LogP) is 2.47. The van der Waals surface area contributed by atoms with Crippen molar-refractivity contribution in [2.75, 3.05) is 18.1 Å². The van der Waals surface area contributed by atoms with Gasteiger partial charge in [-0.15, -0.1) is 0 Å². The van der Waals surface area contributed by atoms with Gasteiger partial charge in [0.2, 0.25) is 0 Å². The fraction of sp³-hybridized carbons (Fsp3) is 0.222. The molecule has 0 unspecified atom stereocenters. The Labute approximate surface area is 141 Å². The third kappa shape index (κ3) is 4.49. The molecule has 3 rings (SSSR count). The Morgan fingerprint density at radius 3 is 2.62 bits per heavy atom. The zero-order valence-corrected chi connectivity index (χ0v) is 13.3. The van der Waals surface area contributed by atoms with Crippen LogP contribution in [0.4, 0.5) is 10.5 Å². The van der Waals surface area contributed by atoms with Crippen LogP contribution in [0.15, 0.2) is 59.6 Å². The molecule has 0 spiro atoms. The van der Waals surface area contributed by atoms with Crippen molar-refractivity contribution in [2.45, 2.75) is 13.2 Å². The van der Waals surface area contributed by atoms with E-state index < -0.39 is 6.09 Å². The maximum Gasteiger partial charge on any atom is 0.407 e. The molecule has 6 nitrogen and oxygen atoms in total. The van der Waals surface area contributed by atoms with Crippen molar-refractivity contribution in [1.82, 2.24) is 10.7 Å². The molecule has 2 aromatic carbocycles. The van der Waals surface area contributed by atoms with Crippen molar-refractivity contribution in [1.29, 1.82) is 0 Å². The number of rotatable bonds is 5. The highest BCUT2D eigenvalue weighted by atomic mass is 16.5. The lowest BCUT2D eigenvalue weighted by atomic mass is 10.2. The van der Waals surface area contributed by atoms with Crippen LogP contribution in [0.5, 0.6) is 0 Å². The summed E-state index contributed by atoms with van der Waals surface area (Å²) in [6.07, 6.45) is 1.28. The Morgan fingerprint density at radius 2 is 1.92 bits per heavy atom. The highest BCUT2D eigenvalue weighted by Crippen LogP contribution is 2.14. The summed E-state index contributed by atoms with van der Waals surface area (Å²) in [6.45, 7) is 2.32. The van der Waals surface area contributed by atoms with Crippen molar-refractivity contribution >= 4 is 18.1 Å². The van der Waals surface area contributed by atoms with Crippen LogP contribution in [-0.2, 0) is 17.9 Å². The fourth-order valence-electron chi connectivity index (χ4n) is 2.34. The molecule has 24 heavy (non-hydrogen) atoms. The van der Waals surface area contributed by atoms with Crippen LogP contribution in [0.2, 0.25) is 0 Å². The number of benzene rings is 2.